The fourth-order valence-corrected chi connectivity index (χ4v) is 4.86. The maximum Gasteiger partial charge on any atom is 0.264 e. The van der Waals surface area contributed by atoms with Gasteiger partial charge in [-0.15, -0.1) is 0 Å². The highest BCUT2D eigenvalue weighted by molar-refractivity contribution is 7.92. The Kier molecular flexibility index (Phi) is 8.01. The number of nitrogens with one attached hydrogen (secondary N) is 1. The van der Waals surface area contributed by atoms with Crippen LogP contribution >= 0.6 is 23.2 Å². The minimum atomic E-state index is -4.07. The fraction of sp³-hybridized carbons (Fsp3) is 0.174. The molecule has 0 aliphatic rings. The van der Waals surface area contributed by atoms with Crippen molar-refractivity contribution in [1.29, 1.82) is 0 Å². The first kappa shape index (κ1) is 23.9. The van der Waals surface area contributed by atoms with E-state index in [-0.39, 0.29) is 27.2 Å². The molecular formula is C23H22Cl2N2O4S. The molecule has 6 nitrogen and oxygen atoms in total. The summed E-state index contributed by atoms with van der Waals surface area (Å²) in [5.41, 5.74) is 0.972. The average molecular weight is 493 g/mol. The van der Waals surface area contributed by atoms with E-state index in [1.165, 1.54) is 18.2 Å². The zero-order valence-electron chi connectivity index (χ0n) is 17.3. The van der Waals surface area contributed by atoms with Gasteiger partial charge in [0, 0.05) is 6.54 Å². The van der Waals surface area contributed by atoms with E-state index >= 15 is 0 Å². The Hall–Kier alpha value is -2.74. The maximum atomic E-state index is 13.3. The van der Waals surface area contributed by atoms with Gasteiger partial charge in [0.1, 0.15) is 12.3 Å². The van der Waals surface area contributed by atoms with Gasteiger partial charge in [0.25, 0.3) is 10.0 Å². The van der Waals surface area contributed by atoms with E-state index in [1.54, 1.807) is 30.3 Å². The number of halogens is 2. The molecule has 32 heavy (non-hydrogen) atoms. The second-order valence-corrected chi connectivity index (χ2v) is 9.40. The summed E-state index contributed by atoms with van der Waals surface area (Å²) >= 11 is 12.4. The van der Waals surface area contributed by atoms with E-state index < -0.39 is 22.5 Å². The minimum Gasteiger partial charge on any atom is -0.494 e. The molecule has 0 saturated carbocycles. The normalized spacial score (nSPS) is 11.1. The Bertz CT molecular complexity index is 1170. The number of ether oxygens (including phenoxy) is 1. The zero-order chi connectivity index (χ0) is 23.1. The van der Waals surface area contributed by atoms with Gasteiger partial charge in [-0.3, -0.25) is 9.10 Å². The number of anilines is 1. The molecule has 0 radical (unpaired) electrons. The fourth-order valence-electron chi connectivity index (χ4n) is 2.96. The van der Waals surface area contributed by atoms with Gasteiger partial charge in [-0.05, 0) is 48.9 Å². The Balaban J connectivity index is 1.82. The third-order valence-electron chi connectivity index (χ3n) is 4.54. The van der Waals surface area contributed by atoms with E-state index in [1.807, 2.05) is 31.2 Å². The van der Waals surface area contributed by atoms with E-state index in [9.17, 15) is 13.2 Å². The first-order chi connectivity index (χ1) is 15.3. The highest BCUT2D eigenvalue weighted by Crippen LogP contribution is 2.35. The molecule has 0 aliphatic heterocycles. The third kappa shape index (κ3) is 5.73. The minimum absolute atomic E-state index is 0.0374. The average Bonchev–Trinajstić information content (AvgIpc) is 2.80. The van der Waals surface area contributed by atoms with Crippen molar-refractivity contribution in [3.05, 3.63) is 88.4 Å². The van der Waals surface area contributed by atoms with Crippen molar-refractivity contribution in [2.75, 3.05) is 17.5 Å². The highest BCUT2D eigenvalue weighted by Gasteiger charge is 2.29. The summed E-state index contributed by atoms with van der Waals surface area (Å²) in [6, 6.07) is 19.8. The van der Waals surface area contributed by atoms with Crippen LogP contribution < -0.4 is 14.4 Å². The van der Waals surface area contributed by atoms with Crippen LogP contribution in [0.15, 0.2) is 77.7 Å². The van der Waals surface area contributed by atoms with Crippen molar-refractivity contribution >= 4 is 44.8 Å². The number of rotatable bonds is 9. The summed E-state index contributed by atoms with van der Waals surface area (Å²) in [5.74, 6) is 0.243. The van der Waals surface area contributed by atoms with Crippen molar-refractivity contribution in [2.24, 2.45) is 0 Å². The zero-order valence-corrected chi connectivity index (χ0v) is 19.6. The lowest BCUT2D eigenvalue weighted by Crippen LogP contribution is -2.40. The van der Waals surface area contributed by atoms with Gasteiger partial charge >= 0.3 is 0 Å². The standard InChI is InChI=1S/C23H22Cl2N2O4S/c1-2-31-18-13-11-17(12-14-18)15-26-22(28)16-27(21-10-6-9-20(24)23(21)25)32(29,30)19-7-4-3-5-8-19/h3-14H,2,15-16H2,1H3,(H,26,28). The van der Waals surface area contributed by atoms with Gasteiger partial charge in [0.05, 0.1) is 27.2 Å². The number of carbonyl (C=O) groups is 1. The molecule has 168 valence electrons. The largest absolute Gasteiger partial charge is 0.494 e. The van der Waals surface area contributed by atoms with Gasteiger partial charge in [-0.2, -0.15) is 0 Å². The van der Waals surface area contributed by atoms with Crippen LogP contribution in [-0.2, 0) is 21.4 Å². The predicted molar refractivity (Wildman–Crippen MR) is 127 cm³/mol. The first-order valence-electron chi connectivity index (χ1n) is 9.83. The van der Waals surface area contributed by atoms with Crippen LogP contribution in [0.1, 0.15) is 12.5 Å². The van der Waals surface area contributed by atoms with Crippen LogP contribution in [0.5, 0.6) is 5.75 Å². The molecule has 0 unspecified atom stereocenters. The summed E-state index contributed by atoms with van der Waals surface area (Å²) in [5, 5.41) is 2.98. The number of nitrogens with zero attached hydrogens (tertiary/aromatic N) is 1. The van der Waals surface area contributed by atoms with Gasteiger partial charge < -0.3 is 10.1 Å². The van der Waals surface area contributed by atoms with Crippen LogP contribution in [0, 0.1) is 0 Å². The summed E-state index contributed by atoms with van der Waals surface area (Å²) in [6.07, 6.45) is 0. The molecule has 0 aromatic heterocycles. The SMILES string of the molecule is CCOc1ccc(CNC(=O)CN(c2cccc(Cl)c2Cl)S(=O)(=O)c2ccccc2)cc1. The van der Waals surface area contributed by atoms with Gasteiger partial charge in [-0.1, -0.05) is 59.6 Å². The second-order valence-electron chi connectivity index (χ2n) is 6.75. The summed E-state index contributed by atoms with van der Waals surface area (Å²) in [7, 11) is -4.07. The van der Waals surface area contributed by atoms with Gasteiger partial charge in [-0.25, -0.2) is 8.42 Å². The topological polar surface area (TPSA) is 75.7 Å². The number of benzene rings is 3. The monoisotopic (exact) mass is 492 g/mol. The van der Waals surface area contributed by atoms with Crippen molar-refractivity contribution in [3.63, 3.8) is 0 Å². The maximum absolute atomic E-state index is 13.3. The molecule has 0 atom stereocenters. The molecule has 0 fully saturated rings. The summed E-state index contributed by atoms with van der Waals surface area (Å²) in [6.45, 7) is 2.23. The van der Waals surface area contributed by atoms with Crippen molar-refractivity contribution in [3.8, 4) is 5.75 Å². The quantitative estimate of drug-likeness (QED) is 0.460. The predicted octanol–water partition coefficient (Wildman–Crippen LogP) is 4.90. The van der Waals surface area contributed by atoms with Crippen LogP contribution in [0.3, 0.4) is 0 Å². The smallest absolute Gasteiger partial charge is 0.264 e. The van der Waals surface area contributed by atoms with Crippen molar-refractivity contribution in [2.45, 2.75) is 18.4 Å². The van der Waals surface area contributed by atoms with E-state index in [0.717, 1.165) is 15.6 Å². The molecule has 0 aliphatic carbocycles. The highest BCUT2D eigenvalue weighted by atomic mass is 35.5. The number of hydrogen-bond acceptors (Lipinski definition) is 4. The molecule has 0 saturated heterocycles. The van der Waals surface area contributed by atoms with Crippen LogP contribution in [0.2, 0.25) is 10.0 Å². The molecule has 0 bridgehead atoms. The third-order valence-corrected chi connectivity index (χ3v) is 7.13. The lowest BCUT2D eigenvalue weighted by atomic mass is 10.2. The van der Waals surface area contributed by atoms with Gasteiger partial charge in [0.2, 0.25) is 5.91 Å². The van der Waals surface area contributed by atoms with Crippen LogP contribution in [0.25, 0.3) is 0 Å². The molecule has 3 rings (SSSR count). The molecule has 0 spiro atoms. The number of carbonyl (C=O) groups excluding carboxylic acids is 1. The van der Waals surface area contributed by atoms with Gasteiger partial charge in [0.15, 0.2) is 0 Å². The lowest BCUT2D eigenvalue weighted by molar-refractivity contribution is -0.119. The molecule has 3 aromatic rings. The molecule has 1 N–H and O–H groups in total. The summed E-state index contributed by atoms with van der Waals surface area (Å²) in [4.78, 5) is 12.8. The van der Waals surface area contributed by atoms with Crippen molar-refractivity contribution < 1.29 is 17.9 Å². The number of sulfonamides is 1. The Morgan fingerprint density at radius 3 is 2.31 bits per heavy atom. The Morgan fingerprint density at radius 1 is 0.969 bits per heavy atom. The molecular weight excluding hydrogens is 471 g/mol. The molecule has 0 heterocycles. The van der Waals surface area contributed by atoms with Crippen molar-refractivity contribution in [1.82, 2.24) is 5.32 Å². The van der Waals surface area contributed by atoms with Crippen LogP contribution in [0.4, 0.5) is 5.69 Å². The van der Waals surface area contributed by atoms with E-state index in [2.05, 4.69) is 5.32 Å². The number of hydrogen-bond donors (Lipinski definition) is 1. The van der Waals surface area contributed by atoms with E-state index in [0.29, 0.717) is 6.61 Å². The molecule has 3 aromatic carbocycles. The summed E-state index contributed by atoms with van der Waals surface area (Å²) < 4.78 is 33.0. The number of amides is 1. The molecule has 1 amide bonds. The van der Waals surface area contributed by atoms with Crippen LogP contribution in [-0.4, -0.2) is 27.5 Å². The Morgan fingerprint density at radius 2 is 1.66 bits per heavy atom. The van der Waals surface area contributed by atoms with E-state index in [4.69, 9.17) is 27.9 Å². The molecule has 9 heteroatoms. The Labute approximate surface area is 197 Å². The second kappa shape index (κ2) is 10.7. The lowest BCUT2D eigenvalue weighted by Gasteiger charge is -2.25. The first-order valence-corrected chi connectivity index (χ1v) is 12.0.